The van der Waals surface area contributed by atoms with Gasteiger partial charge >= 0.3 is 0 Å². The zero-order valence-corrected chi connectivity index (χ0v) is 17.6. The molecule has 0 unspecified atom stereocenters. The minimum atomic E-state index is 0.0846. The van der Waals surface area contributed by atoms with Crippen LogP contribution in [0.3, 0.4) is 0 Å². The number of fused-ring (bicyclic) bond motifs is 1. The molecule has 0 spiro atoms. The summed E-state index contributed by atoms with van der Waals surface area (Å²) in [4.78, 5) is 28.2. The average molecular weight is 396 g/mol. The molecule has 0 radical (unpaired) electrons. The highest BCUT2D eigenvalue weighted by molar-refractivity contribution is 5.79. The zero-order valence-electron chi connectivity index (χ0n) is 17.6. The van der Waals surface area contributed by atoms with Gasteiger partial charge in [0.15, 0.2) is 5.82 Å². The summed E-state index contributed by atoms with van der Waals surface area (Å²) < 4.78 is 5.43. The molecule has 2 saturated heterocycles. The molecule has 0 aliphatic carbocycles. The van der Waals surface area contributed by atoms with Crippen LogP contribution in [0, 0.1) is 18.8 Å². The summed E-state index contributed by atoms with van der Waals surface area (Å²) in [6, 6.07) is 8.52. The van der Waals surface area contributed by atoms with Crippen molar-refractivity contribution in [3.63, 3.8) is 0 Å². The summed E-state index contributed by atoms with van der Waals surface area (Å²) in [7, 11) is 5.52. The van der Waals surface area contributed by atoms with Crippen LogP contribution in [0.15, 0.2) is 36.7 Å². The van der Waals surface area contributed by atoms with Crippen LogP contribution < -0.4 is 9.64 Å². The van der Waals surface area contributed by atoms with Crippen molar-refractivity contribution in [3.8, 4) is 5.88 Å². The average Bonchev–Trinajstić information content (AvgIpc) is 3.26. The second kappa shape index (κ2) is 7.99. The number of likely N-dealkylation sites (N-methyl/N-ethyl adjacent to an activating group) is 1. The van der Waals surface area contributed by atoms with E-state index in [9.17, 15) is 4.79 Å². The number of amides is 1. The lowest BCUT2D eigenvalue weighted by molar-refractivity contribution is -0.133. The number of carbonyl (C=O) groups is 1. The number of ether oxygens (including phenoxy) is 1. The lowest BCUT2D eigenvalue weighted by Gasteiger charge is -2.32. The fraction of sp³-hybridized carbons (Fsp3) is 0.500. The number of carbonyl (C=O) groups excluding carboxylic acids is 1. The van der Waals surface area contributed by atoms with Crippen LogP contribution in [-0.4, -0.2) is 73.1 Å². The minimum absolute atomic E-state index is 0.0846. The number of aryl methyl sites for hydroxylation is 1. The molecular weight excluding hydrogens is 366 g/mol. The molecule has 3 heterocycles. The van der Waals surface area contributed by atoms with E-state index in [1.807, 2.05) is 19.0 Å². The number of rotatable bonds is 5. The SMILES string of the molecule is COc1nccnc1N1C[C@@H]2CN(C(=O)CN(C)C)[C@@H](c3ccccc3C)[C@@H]2C1. The summed E-state index contributed by atoms with van der Waals surface area (Å²) >= 11 is 0. The monoisotopic (exact) mass is 395 g/mol. The summed E-state index contributed by atoms with van der Waals surface area (Å²) in [5.41, 5.74) is 2.48. The van der Waals surface area contributed by atoms with Crippen LogP contribution in [0.25, 0.3) is 0 Å². The van der Waals surface area contributed by atoms with Crippen LogP contribution in [0.2, 0.25) is 0 Å². The van der Waals surface area contributed by atoms with Gasteiger partial charge in [0, 0.05) is 43.9 Å². The highest BCUT2D eigenvalue weighted by Crippen LogP contribution is 2.47. The Morgan fingerprint density at radius 3 is 2.66 bits per heavy atom. The molecular formula is C22H29N5O2. The fourth-order valence-electron chi connectivity index (χ4n) is 4.83. The predicted molar refractivity (Wildman–Crippen MR) is 112 cm³/mol. The van der Waals surface area contributed by atoms with Gasteiger partial charge in [-0.2, -0.15) is 0 Å². The molecule has 0 saturated carbocycles. The van der Waals surface area contributed by atoms with Crippen molar-refractivity contribution in [2.45, 2.75) is 13.0 Å². The number of benzene rings is 1. The Bertz CT molecular complexity index is 887. The van der Waals surface area contributed by atoms with Crippen molar-refractivity contribution >= 4 is 11.7 Å². The van der Waals surface area contributed by atoms with Gasteiger partial charge in [-0.1, -0.05) is 24.3 Å². The summed E-state index contributed by atoms with van der Waals surface area (Å²) in [5, 5.41) is 0. The van der Waals surface area contributed by atoms with Gasteiger partial charge in [-0.25, -0.2) is 9.97 Å². The molecule has 2 aromatic rings. The van der Waals surface area contributed by atoms with Crippen molar-refractivity contribution in [3.05, 3.63) is 47.8 Å². The highest BCUT2D eigenvalue weighted by Gasteiger charge is 2.50. The van der Waals surface area contributed by atoms with Gasteiger partial charge in [0.25, 0.3) is 5.88 Å². The Balaban J connectivity index is 1.65. The molecule has 4 rings (SSSR count). The van der Waals surface area contributed by atoms with Crippen molar-refractivity contribution in [2.24, 2.45) is 11.8 Å². The topological polar surface area (TPSA) is 61.8 Å². The minimum Gasteiger partial charge on any atom is -0.478 e. The molecule has 3 atom stereocenters. The number of hydrogen-bond acceptors (Lipinski definition) is 6. The van der Waals surface area contributed by atoms with E-state index in [0.29, 0.717) is 24.3 Å². The number of anilines is 1. The van der Waals surface area contributed by atoms with Crippen LogP contribution >= 0.6 is 0 Å². The van der Waals surface area contributed by atoms with Gasteiger partial charge in [0.2, 0.25) is 5.91 Å². The lowest BCUT2D eigenvalue weighted by Crippen LogP contribution is -2.40. The number of likely N-dealkylation sites (tertiary alicyclic amines) is 1. The Morgan fingerprint density at radius 2 is 1.93 bits per heavy atom. The second-order valence-corrected chi connectivity index (χ2v) is 8.30. The van der Waals surface area contributed by atoms with Gasteiger partial charge in [0.1, 0.15) is 0 Å². The second-order valence-electron chi connectivity index (χ2n) is 8.30. The van der Waals surface area contributed by atoms with Crippen LogP contribution in [0.1, 0.15) is 17.2 Å². The smallest absolute Gasteiger partial charge is 0.257 e. The van der Waals surface area contributed by atoms with Gasteiger partial charge < -0.3 is 19.4 Å². The third-order valence-corrected chi connectivity index (χ3v) is 6.08. The van der Waals surface area contributed by atoms with Crippen LogP contribution in [-0.2, 0) is 4.79 Å². The third kappa shape index (κ3) is 3.67. The summed E-state index contributed by atoms with van der Waals surface area (Å²) in [6.07, 6.45) is 3.36. The summed E-state index contributed by atoms with van der Waals surface area (Å²) in [5.74, 6) is 2.30. The first-order chi connectivity index (χ1) is 14.0. The van der Waals surface area contributed by atoms with E-state index in [2.05, 4.69) is 51.0 Å². The zero-order chi connectivity index (χ0) is 20.5. The van der Waals surface area contributed by atoms with E-state index in [1.165, 1.54) is 11.1 Å². The Hall–Kier alpha value is -2.67. The van der Waals surface area contributed by atoms with Crippen molar-refractivity contribution < 1.29 is 9.53 Å². The van der Waals surface area contributed by atoms with Crippen LogP contribution in [0.4, 0.5) is 5.82 Å². The first-order valence-corrected chi connectivity index (χ1v) is 10.1. The maximum atomic E-state index is 13.1. The third-order valence-electron chi connectivity index (χ3n) is 6.08. The number of methoxy groups -OCH3 is 1. The first kappa shape index (κ1) is 19.6. The van der Waals surface area contributed by atoms with Crippen molar-refractivity contribution in [2.75, 3.05) is 52.3 Å². The Kier molecular flexibility index (Phi) is 5.41. The molecule has 154 valence electrons. The van der Waals surface area contributed by atoms with Crippen LogP contribution in [0.5, 0.6) is 5.88 Å². The molecule has 2 aliphatic heterocycles. The summed E-state index contributed by atoms with van der Waals surface area (Å²) in [6.45, 7) is 5.03. The van der Waals surface area contributed by atoms with E-state index in [0.717, 1.165) is 25.5 Å². The maximum absolute atomic E-state index is 13.1. The first-order valence-electron chi connectivity index (χ1n) is 10.1. The molecule has 29 heavy (non-hydrogen) atoms. The molecule has 7 nitrogen and oxygen atoms in total. The van der Waals surface area contributed by atoms with E-state index in [4.69, 9.17) is 4.74 Å². The molecule has 2 fully saturated rings. The fourth-order valence-corrected chi connectivity index (χ4v) is 4.83. The van der Waals surface area contributed by atoms with E-state index >= 15 is 0 Å². The van der Waals surface area contributed by atoms with Gasteiger partial charge in [-0.05, 0) is 32.1 Å². The van der Waals surface area contributed by atoms with E-state index in [-0.39, 0.29) is 11.9 Å². The molecule has 1 aromatic carbocycles. The molecule has 0 bridgehead atoms. The maximum Gasteiger partial charge on any atom is 0.257 e. The van der Waals surface area contributed by atoms with Gasteiger partial charge in [-0.3, -0.25) is 4.79 Å². The van der Waals surface area contributed by atoms with E-state index < -0.39 is 0 Å². The predicted octanol–water partition coefficient (Wildman–Crippen LogP) is 1.99. The molecule has 7 heteroatoms. The number of hydrogen-bond donors (Lipinski definition) is 0. The van der Waals surface area contributed by atoms with Crippen molar-refractivity contribution in [1.82, 2.24) is 19.8 Å². The lowest BCUT2D eigenvalue weighted by atomic mass is 9.87. The van der Waals surface area contributed by atoms with E-state index in [1.54, 1.807) is 19.5 Å². The van der Waals surface area contributed by atoms with Gasteiger partial charge in [-0.15, -0.1) is 0 Å². The molecule has 1 aromatic heterocycles. The molecule has 1 amide bonds. The standard InChI is InChI=1S/C22H29N5O2/c1-15-7-5-6-8-17(15)20-18-13-26(21-22(29-4)24-10-9-23-21)11-16(18)12-27(20)19(28)14-25(2)3/h5-10,16,18,20H,11-14H2,1-4H3/t16-,18-,20+/m1/s1. The van der Waals surface area contributed by atoms with Gasteiger partial charge in [0.05, 0.1) is 19.7 Å². The Morgan fingerprint density at radius 1 is 1.17 bits per heavy atom. The molecule has 0 N–H and O–H groups in total. The van der Waals surface area contributed by atoms with Crippen molar-refractivity contribution in [1.29, 1.82) is 0 Å². The quantitative estimate of drug-likeness (QED) is 0.772. The molecule has 2 aliphatic rings. The normalized spacial score (nSPS) is 23.6. The highest BCUT2D eigenvalue weighted by atomic mass is 16.5. The largest absolute Gasteiger partial charge is 0.478 e. The number of nitrogens with zero attached hydrogens (tertiary/aromatic N) is 5. The Labute approximate surface area is 172 Å². The number of aromatic nitrogens is 2.